The predicted molar refractivity (Wildman–Crippen MR) is 109 cm³/mol. The molecule has 0 aromatic heterocycles. The van der Waals surface area contributed by atoms with Gasteiger partial charge in [0, 0.05) is 11.6 Å². The van der Waals surface area contributed by atoms with Crippen molar-refractivity contribution in [2.75, 3.05) is 0 Å². The second-order valence-electron chi connectivity index (χ2n) is 7.48. The maximum atomic E-state index is 12.2. The van der Waals surface area contributed by atoms with Gasteiger partial charge in [-0.15, -0.1) is 0 Å². The predicted octanol–water partition coefficient (Wildman–Crippen LogP) is 3.55. The molecule has 0 radical (unpaired) electrons. The third-order valence-corrected chi connectivity index (χ3v) is 5.33. The molecule has 144 valence electrons. The van der Waals surface area contributed by atoms with E-state index >= 15 is 0 Å². The van der Waals surface area contributed by atoms with Gasteiger partial charge in [0.1, 0.15) is 0 Å². The third-order valence-electron chi connectivity index (χ3n) is 5.11. The third kappa shape index (κ3) is 6.25. The number of hydrogen-bond donors (Lipinski definition) is 3. The van der Waals surface area contributed by atoms with Gasteiger partial charge in [-0.3, -0.25) is 15.6 Å². The van der Waals surface area contributed by atoms with Crippen molar-refractivity contribution in [1.29, 1.82) is 0 Å². The van der Waals surface area contributed by atoms with Gasteiger partial charge in [-0.25, -0.2) is 0 Å². The van der Waals surface area contributed by atoms with E-state index in [-0.39, 0.29) is 12.0 Å². The number of hydrazine groups is 1. The smallest absolute Gasteiger partial charge is 0.269 e. The zero-order chi connectivity index (χ0) is 19.1. The number of hydrogen-bond acceptors (Lipinski definition) is 3. The molecule has 0 aliphatic heterocycles. The van der Waals surface area contributed by atoms with Crippen LogP contribution in [-0.2, 0) is 11.3 Å². The first-order valence-electron chi connectivity index (χ1n) is 9.44. The van der Waals surface area contributed by atoms with Crippen LogP contribution in [0.2, 0.25) is 0 Å². The largest absolute Gasteiger partial charge is 0.374 e. The normalized spacial score (nSPS) is 22.7. The van der Waals surface area contributed by atoms with Crippen LogP contribution in [0, 0.1) is 11.8 Å². The zero-order valence-corrected chi connectivity index (χ0v) is 17.0. The Balaban J connectivity index is 1.77. The Kier molecular flexibility index (Phi) is 7.85. The minimum absolute atomic E-state index is 0.186. The van der Waals surface area contributed by atoms with Crippen LogP contribution < -0.4 is 16.2 Å². The van der Waals surface area contributed by atoms with Crippen molar-refractivity contribution in [3.8, 4) is 0 Å². The number of carbonyl (C=O) groups excluding carboxylic acids is 1. The van der Waals surface area contributed by atoms with Gasteiger partial charge in [0.05, 0.1) is 12.7 Å². The molecule has 0 spiro atoms. The maximum absolute atomic E-state index is 12.2. The number of rotatable bonds is 5. The highest BCUT2D eigenvalue weighted by Gasteiger charge is 2.27. The SMILES string of the molecule is CC(C)OCc1ccc(C(=O)NNC(=S)N[C@H]2CCC[C@H](C)[C@H]2C)cc1. The molecular weight excluding hydrogens is 346 g/mol. The number of thiocarbonyl (C=S) groups is 1. The molecule has 6 heteroatoms. The second-order valence-corrected chi connectivity index (χ2v) is 7.89. The molecule has 3 N–H and O–H groups in total. The van der Waals surface area contributed by atoms with Gasteiger partial charge in [0.25, 0.3) is 5.91 Å². The first-order chi connectivity index (χ1) is 12.4. The molecule has 1 aromatic carbocycles. The van der Waals surface area contributed by atoms with E-state index < -0.39 is 0 Å². The molecule has 1 aliphatic rings. The monoisotopic (exact) mass is 377 g/mol. The summed E-state index contributed by atoms with van der Waals surface area (Å²) in [5.41, 5.74) is 7.09. The van der Waals surface area contributed by atoms with Crippen LogP contribution in [0.1, 0.15) is 62.9 Å². The van der Waals surface area contributed by atoms with Crippen LogP contribution in [0.5, 0.6) is 0 Å². The molecule has 5 nitrogen and oxygen atoms in total. The van der Waals surface area contributed by atoms with Crippen LogP contribution in [0.4, 0.5) is 0 Å². The highest BCUT2D eigenvalue weighted by Crippen LogP contribution is 2.29. The molecule has 1 amide bonds. The first kappa shape index (κ1) is 20.6. The van der Waals surface area contributed by atoms with Crippen molar-refractivity contribution in [2.24, 2.45) is 11.8 Å². The van der Waals surface area contributed by atoms with Gasteiger partial charge in [-0.1, -0.05) is 38.8 Å². The van der Waals surface area contributed by atoms with Crippen molar-refractivity contribution in [1.82, 2.24) is 16.2 Å². The number of amides is 1. The summed E-state index contributed by atoms with van der Waals surface area (Å²) < 4.78 is 5.56. The lowest BCUT2D eigenvalue weighted by molar-refractivity contribution is 0.0656. The standard InChI is InChI=1S/C20H31N3O2S/c1-13(2)25-12-16-8-10-17(11-9-16)19(24)22-23-20(26)21-18-7-5-6-14(3)15(18)4/h8-11,13-15,18H,5-7,12H2,1-4H3,(H,22,24)(H2,21,23,26)/t14-,15+,18-/m0/s1. The van der Waals surface area contributed by atoms with E-state index in [1.807, 2.05) is 26.0 Å². The Morgan fingerprint density at radius 2 is 1.88 bits per heavy atom. The van der Waals surface area contributed by atoms with E-state index in [4.69, 9.17) is 17.0 Å². The summed E-state index contributed by atoms with van der Waals surface area (Å²) in [4.78, 5) is 12.2. The molecule has 3 atom stereocenters. The van der Waals surface area contributed by atoms with Gasteiger partial charge in [0.15, 0.2) is 5.11 Å². The fourth-order valence-corrected chi connectivity index (χ4v) is 3.39. The van der Waals surface area contributed by atoms with E-state index in [1.54, 1.807) is 12.1 Å². The Hall–Kier alpha value is -1.66. The highest BCUT2D eigenvalue weighted by molar-refractivity contribution is 7.80. The van der Waals surface area contributed by atoms with Gasteiger partial charge in [-0.05, 0) is 62.0 Å². The van der Waals surface area contributed by atoms with E-state index in [0.717, 1.165) is 12.0 Å². The lowest BCUT2D eigenvalue weighted by atomic mass is 9.78. The Morgan fingerprint density at radius 3 is 2.54 bits per heavy atom. The number of carbonyl (C=O) groups is 1. The van der Waals surface area contributed by atoms with E-state index in [1.165, 1.54) is 12.8 Å². The first-order valence-corrected chi connectivity index (χ1v) is 9.85. The van der Waals surface area contributed by atoms with Crippen LogP contribution in [0.15, 0.2) is 24.3 Å². The average Bonchev–Trinajstić information content (AvgIpc) is 2.62. The van der Waals surface area contributed by atoms with Crippen LogP contribution >= 0.6 is 12.2 Å². The van der Waals surface area contributed by atoms with Crippen molar-refractivity contribution in [3.05, 3.63) is 35.4 Å². The molecule has 1 fully saturated rings. The average molecular weight is 378 g/mol. The van der Waals surface area contributed by atoms with Crippen LogP contribution in [0.3, 0.4) is 0 Å². The van der Waals surface area contributed by atoms with Gasteiger partial charge >= 0.3 is 0 Å². The summed E-state index contributed by atoms with van der Waals surface area (Å²) in [5, 5.41) is 3.80. The van der Waals surface area contributed by atoms with Crippen molar-refractivity contribution < 1.29 is 9.53 Å². The molecule has 0 heterocycles. The number of ether oxygens (including phenoxy) is 1. The lowest BCUT2D eigenvalue weighted by Crippen LogP contribution is -2.52. The topological polar surface area (TPSA) is 62.4 Å². The minimum atomic E-state index is -0.212. The van der Waals surface area contributed by atoms with Crippen molar-refractivity contribution in [3.63, 3.8) is 0 Å². The molecule has 1 aromatic rings. The van der Waals surface area contributed by atoms with Crippen molar-refractivity contribution in [2.45, 2.75) is 65.7 Å². The fourth-order valence-electron chi connectivity index (χ4n) is 3.19. The quantitative estimate of drug-likeness (QED) is 0.541. The summed E-state index contributed by atoms with van der Waals surface area (Å²) in [7, 11) is 0. The Labute approximate surface area is 162 Å². The minimum Gasteiger partial charge on any atom is -0.374 e. The Morgan fingerprint density at radius 1 is 1.19 bits per heavy atom. The van der Waals surface area contributed by atoms with E-state index in [0.29, 0.717) is 35.2 Å². The zero-order valence-electron chi connectivity index (χ0n) is 16.2. The van der Waals surface area contributed by atoms with Crippen LogP contribution in [0.25, 0.3) is 0 Å². The molecule has 26 heavy (non-hydrogen) atoms. The summed E-state index contributed by atoms with van der Waals surface area (Å²) in [6, 6.07) is 7.74. The molecule has 1 saturated carbocycles. The fraction of sp³-hybridized carbons (Fsp3) is 0.600. The second kappa shape index (κ2) is 9.88. The lowest BCUT2D eigenvalue weighted by Gasteiger charge is -2.35. The molecule has 1 aliphatic carbocycles. The summed E-state index contributed by atoms with van der Waals surface area (Å²) in [6.45, 7) is 9.09. The van der Waals surface area contributed by atoms with Crippen molar-refractivity contribution >= 4 is 23.2 Å². The molecule has 0 unspecified atom stereocenters. The number of benzene rings is 1. The summed E-state index contributed by atoms with van der Waals surface area (Å²) in [5.74, 6) is 1.05. The summed E-state index contributed by atoms with van der Waals surface area (Å²) in [6.07, 6.45) is 3.78. The molecule has 0 saturated heterocycles. The van der Waals surface area contributed by atoms with Gasteiger partial charge < -0.3 is 10.1 Å². The number of nitrogens with one attached hydrogen (secondary N) is 3. The highest BCUT2D eigenvalue weighted by atomic mass is 32.1. The molecule has 2 rings (SSSR count). The summed E-state index contributed by atoms with van der Waals surface area (Å²) >= 11 is 5.32. The van der Waals surface area contributed by atoms with Crippen LogP contribution in [-0.4, -0.2) is 23.2 Å². The molecular formula is C20H31N3O2S. The van der Waals surface area contributed by atoms with Gasteiger partial charge in [-0.2, -0.15) is 0 Å². The molecule has 0 bridgehead atoms. The van der Waals surface area contributed by atoms with E-state index in [2.05, 4.69) is 30.0 Å². The maximum Gasteiger partial charge on any atom is 0.269 e. The van der Waals surface area contributed by atoms with E-state index in [9.17, 15) is 4.79 Å². The Bertz CT molecular complexity index is 604. The van der Waals surface area contributed by atoms with Gasteiger partial charge in [0.2, 0.25) is 0 Å².